The van der Waals surface area contributed by atoms with Gasteiger partial charge in [0.15, 0.2) is 0 Å². The topological polar surface area (TPSA) is 29.9 Å². The van der Waals surface area contributed by atoms with Crippen molar-refractivity contribution in [2.24, 2.45) is 0 Å². The van der Waals surface area contributed by atoms with Gasteiger partial charge in [-0.25, -0.2) is 4.98 Å². The van der Waals surface area contributed by atoms with E-state index in [9.17, 15) is 0 Å². The summed E-state index contributed by atoms with van der Waals surface area (Å²) in [6.07, 6.45) is 11.5. The fraction of sp³-hybridized carbons (Fsp3) is 0.615. The molecule has 0 amide bonds. The fourth-order valence-corrected chi connectivity index (χ4v) is 1.98. The quantitative estimate of drug-likeness (QED) is 0.820. The van der Waals surface area contributed by atoms with Crippen LogP contribution in [0.25, 0.3) is 6.08 Å². The first-order valence-corrected chi connectivity index (χ1v) is 6.25. The second-order valence-electron chi connectivity index (χ2n) is 5.10. The molecule has 0 aliphatic heterocycles. The van der Waals surface area contributed by atoms with Crippen LogP contribution in [0.2, 0.25) is 0 Å². The summed E-state index contributed by atoms with van der Waals surface area (Å²) in [5.74, 6) is 0. The molecule has 0 radical (unpaired) electrons. The van der Waals surface area contributed by atoms with Crippen LogP contribution < -0.4 is 5.32 Å². The number of aromatic nitrogens is 2. The van der Waals surface area contributed by atoms with Crippen LogP contribution >= 0.6 is 0 Å². The van der Waals surface area contributed by atoms with Crippen molar-refractivity contribution in [2.45, 2.75) is 44.7 Å². The Kier molecular flexibility index (Phi) is 2.56. The molecule has 0 spiro atoms. The van der Waals surface area contributed by atoms with E-state index in [0.29, 0.717) is 0 Å². The third-order valence-corrected chi connectivity index (χ3v) is 3.28. The molecule has 0 bridgehead atoms. The second kappa shape index (κ2) is 4.06. The first-order chi connectivity index (χ1) is 7.83. The maximum atomic E-state index is 4.24. The lowest BCUT2D eigenvalue weighted by Crippen LogP contribution is -2.18. The molecule has 0 saturated heterocycles. The molecule has 1 heterocycles. The van der Waals surface area contributed by atoms with Crippen LogP contribution in [0, 0.1) is 0 Å². The fourth-order valence-electron chi connectivity index (χ4n) is 1.98. The van der Waals surface area contributed by atoms with E-state index in [2.05, 4.69) is 27.9 Å². The Hall–Kier alpha value is -1.09. The lowest BCUT2D eigenvalue weighted by molar-refractivity contribution is 0.725. The normalized spacial score (nSPS) is 21.4. The first kappa shape index (κ1) is 10.1. The molecule has 3 nitrogen and oxygen atoms in total. The Balaban J connectivity index is 1.65. The van der Waals surface area contributed by atoms with Crippen LogP contribution in [0.4, 0.5) is 0 Å². The van der Waals surface area contributed by atoms with Gasteiger partial charge in [-0.3, -0.25) is 0 Å². The van der Waals surface area contributed by atoms with Gasteiger partial charge < -0.3 is 9.88 Å². The van der Waals surface area contributed by atoms with E-state index in [0.717, 1.165) is 18.6 Å². The zero-order chi connectivity index (χ0) is 11.0. The summed E-state index contributed by atoms with van der Waals surface area (Å²) in [6.45, 7) is 3.21. The van der Waals surface area contributed by atoms with Crippen molar-refractivity contribution in [1.29, 1.82) is 0 Å². The third-order valence-electron chi connectivity index (χ3n) is 3.28. The average molecular weight is 217 g/mol. The lowest BCUT2D eigenvalue weighted by Gasteiger charge is -2.05. The summed E-state index contributed by atoms with van der Waals surface area (Å²) >= 11 is 0. The van der Waals surface area contributed by atoms with Gasteiger partial charge in [0.05, 0.1) is 18.2 Å². The molecule has 3 heteroatoms. The molecule has 2 aliphatic carbocycles. The van der Waals surface area contributed by atoms with E-state index in [4.69, 9.17) is 0 Å². The zero-order valence-electron chi connectivity index (χ0n) is 9.82. The monoisotopic (exact) mass is 217 g/mol. The molecule has 86 valence electrons. The minimum absolute atomic E-state index is 0.720. The molecule has 1 aromatic heterocycles. The van der Waals surface area contributed by atoms with Gasteiger partial charge in [-0.05, 0) is 38.7 Å². The molecule has 1 aromatic rings. The molecular formula is C13H19N3. The van der Waals surface area contributed by atoms with E-state index < -0.39 is 0 Å². The highest BCUT2D eigenvalue weighted by Crippen LogP contribution is 2.36. The van der Waals surface area contributed by atoms with Crippen molar-refractivity contribution in [3.8, 4) is 0 Å². The summed E-state index contributed by atoms with van der Waals surface area (Å²) in [4.78, 5) is 4.24. The van der Waals surface area contributed by atoms with Gasteiger partial charge >= 0.3 is 0 Å². The Morgan fingerprint density at radius 1 is 1.50 bits per heavy atom. The van der Waals surface area contributed by atoms with Crippen LogP contribution in [0.3, 0.4) is 0 Å². The van der Waals surface area contributed by atoms with E-state index >= 15 is 0 Å². The molecule has 0 atom stereocenters. The Morgan fingerprint density at radius 2 is 2.31 bits per heavy atom. The van der Waals surface area contributed by atoms with Crippen LogP contribution in [-0.2, 0) is 0 Å². The summed E-state index contributed by atoms with van der Waals surface area (Å²) in [6, 6.07) is 1.51. The van der Waals surface area contributed by atoms with Gasteiger partial charge in [0.1, 0.15) is 0 Å². The van der Waals surface area contributed by atoms with E-state index in [-0.39, 0.29) is 0 Å². The number of hydrogen-bond acceptors (Lipinski definition) is 2. The number of nitrogens with zero attached hydrogens (tertiary/aromatic N) is 2. The Labute approximate surface area is 96.6 Å². The number of nitrogens with one attached hydrogen (secondary N) is 1. The minimum atomic E-state index is 0.720. The lowest BCUT2D eigenvalue weighted by atomic mass is 10.2. The summed E-state index contributed by atoms with van der Waals surface area (Å²) in [7, 11) is 0. The van der Waals surface area contributed by atoms with Gasteiger partial charge in [-0.2, -0.15) is 0 Å². The van der Waals surface area contributed by atoms with Crippen molar-refractivity contribution in [2.75, 3.05) is 6.54 Å². The molecule has 0 unspecified atom stereocenters. The highest BCUT2D eigenvalue weighted by molar-refractivity contribution is 5.48. The summed E-state index contributed by atoms with van der Waals surface area (Å²) in [5, 5.41) is 3.54. The van der Waals surface area contributed by atoms with Gasteiger partial charge in [0.2, 0.25) is 0 Å². The van der Waals surface area contributed by atoms with Crippen LogP contribution in [0.15, 0.2) is 18.1 Å². The van der Waals surface area contributed by atoms with Gasteiger partial charge in [0, 0.05) is 18.6 Å². The maximum absolute atomic E-state index is 4.24. The SMILES string of the molecule is CC(=Cc1cncn1C1CC1)CNC1CC1. The van der Waals surface area contributed by atoms with Crippen molar-refractivity contribution in [3.63, 3.8) is 0 Å². The maximum Gasteiger partial charge on any atom is 0.0953 e. The smallest absolute Gasteiger partial charge is 0.0953 e. The first-order valence-electron chi connectivity index (χ1n) is 6.25. The largest absolute Gasteiger partial charge is 0.328 e. The summed E-state index contributed by atoms with van der Waals surface area (Å²) < 4.78 is 2.31. The van der Waals surface area contributed by atoms with E-state index in [1.165, 1.54) is 37.0 Å². The van der Waals surface area contributed by atoms with Gasteiger partial charge in [-0.15, -0.1) is 0 Å². The standard InChI is InChI=1S/C13H19N3/c1-10(7-15-11-2-3-11)6-13-8-14-9-16(13)12-4-5-12/h6,8-9,11-12,15H,2-5,7H2,1H3. The number of imidazole rings is 1. The highest BCUT2D eigenvalue weighted by atomic mass is 15.1. The van der Waals surface area contributed by atoms with Crippen molar-refractivity contribution in [3.05, 3.63) is 23.8 Å². The van der Waals surface area contributed by atoms with Gasteiger partial charge in [0.25, 0.3) is 0 Å². The minimum Gasteiger partial charge on any atom is -0.328 e. The third kappa shape index (κ3) is 2.35. The molecule has 0 aromatic carbocycles. The van der Waals surface area contributed by atoms with E-state index in [1.54, 1.807) is 0 Å². The van der Waals surface area contributed by atoms with Crippen LogP contribution in [-0.4, -0.2) is 22.1 Å². The Bertz CT molecular complexity index is 397. The zero-order valence-corrected chi connectivity index (χ0v) is 9.82. The molecule has 2 fully saturated rings. The molecule has 16 heavy (non-hydrogen) atoms. The van der Waals surface area contributed by atoms with Gasteiger partial charge in [-0.1, -0.05) is 5.57 Å². The van der Waals surface area contributed by atoms with Crippen molar-refractivity contribution >= 4 is 6.08 Å². The Morgan fingerprint density at radius 3 is 3.00 bits per heavy atom. The number of hydrogen-bond donors (Lipinski definition) is 1. The second-order valence-corrected chi connectivity index (χ2v) is 5.10. The highest BCUT2D eigenvalue weighted by Gasteiger charge is 2.24. The van der Waals surface area contributed by atoms with Crippen LogP contribution in [0.5, 0.6) is 0 Å². The number of rotatable bonds is 5. The van der Waals surface area contributed by atoms with Crippen molar-refractivity contribution < 1.29 is 0 Å². The summed E-state index contributed by atoms with van der Waals surface area (Å²) in [5.41, 5.74) is 2.66. The predicted molar refractivity (Wildman–Crippen MR) is 65.2 cm³/mol. The molecule has 2 aliphatic rings. The van der Waals surface area contributed by atoms with Crippen molar-refractivity contribution in [1.82, 2.24) is 14.9 Å². The molecule has 2 saturated carbocycles. The molecule has 3 rings (SSSR count). The predicted octanol–water partition coefficient (Wildman–Crippen LogP) is 2.37. The average Bonchev–Trinajstić information content (AvgIpc) is 3.18. The molecular weight excluding hydrogens is 198 g/mol. The van der Waals surface area contributed by atoms with Crippen LogP contribution in [0.1, 0.15) is 44.3 Å². The molecule has 1 N–H and O–H groups in total. The van der Waals surface area contributed by atoms with E-state index in [1.807, 2.05) is 12.5 Å².